The molecule has 0 aliphatic rings. The first-order valence-corrected chi connectivity index (χ1v) is 9.84. The van der Waals surface area contributed by atoms with Crippen LogP contribution < -0.4 is 0 Å². The number of carbonyl (C=O) groups excluding carboxylic acids is 1. The van der Waals surface area contributed by atoms with Crippen LogP contribution in [0.5, 0.6) is 0 Å². The van der Waals surface area contributed by atoms with E-state index in [1.165, 1.54) is 24.3 Å². The molecule has 2 aromatic rings. The van der Waals surface area contributed by atoms with Gasteiger partial charge in [0.1, 0.15) is 11.6 Å². The minimum Gasteiger partial charge on any atom is -0.289 e. The van der Waals surface area contributed by atoms with Crippen molar-refractivity contribution < 1.29 is 13.6 Å². The molecule has 0 saturated heterocycles. The molecule has 0 saturated carbocycles. The summed E-state index contributed by atoms with van der Waals surface area (Å²) in [6, 6.07) is 4.92. The average molecular weight is 562 g/mol. The summed E-state index contributed by atoms with van der Waals surface area (Å²) in [6.45, 7) is 0. The number of rotatable bonds is 4. The molecule has 1 nitrogen and oxygen atoms in total. The van der Waals surface area contributed by atoms with Gasteiger partial charge >= 0.3 is 0 Å². The van der Waals surface area contributed by atoms with Crippen molar-refractivity contribution in [1.29, 1.82) is 0 Å². The first-order valence-electron chi connectivity index (χ1n) is 6.01. The molecular formula is C15H8Br4F2O. The van der Waals surface area contributed by atoms with Crippen molar-refractivity contribution in [2.24, 2.45) is 0 Å². The highest BCUT2D eigenvalue weighted by molar-refractivity contribution is 9.11. The van der Waals surface area contributed by atoms with Crippen LogP contribution in [-0.2, 0) is 10.7 Å². The Labute approximate surface area is 160 Å². The summed E-state index contributed by atoms with van der Waals surface area (Å²) >= 11 is 13.1. The molecule has 0 unspecified atom stereocenters. The molecule has 0 N–H and O–H groups in total. The lowest BCUT2D eigenvalue weighted by molar-refractivity contribution is 0.103. The molecule has 0 fully saturated rings. The van der Waals surface area contributed by atoms with Crippen molar-refractivity contribution in [1.82, 2.24) is 0 Å². The average Bonchev–Trinajstić information content (AvgIpc) is 2.45. The molecule has 2 rings (SSSR count). The largest absolute Gasteiger partial charge is 0.289 e. The van der Waals surface area contributed by atoms with Gasteiger partial charge in [0, 0.05) is 30.7 Å². The molecule has 2 aromatic carbocycles. The quantitative estimate of drug-likeness (QED) is 0.307. The lowest BCUT2D eigenvalue weighted by Crippen LogP contribution is -2.10. The van der Waals surface area contributed by atoms with E-state index in [1.54, 1.807) is 0 Å². The van der Waals surface area contributed by atoms with Crippen LogP contribution >= 0.6 is 63.7 Å². The fourth-order valence-corrected chi connectivity index (χ4v) is 5.13. The van der Waals surface area contributed by atoms with E-state index in [9.17, 15) is 13.6 Å². The second-order valence-electron chi connectivity index (χ2n) is 4.42. The Kier molecular flexibility index (Phi) is 6.33. The maximum atomic E-state index is 13.7. The van der Waals surface area contributed by atoms with Gasteiger partial charge in [0.15, 0.2) is 5.78 Å². The number of hydrogen-bond donors (Lipinski definition) is 0. The van der Waals surface area contributed by atoms with Crippen LogP contribution in [0.4, 0.5) is 8.78 Å². The molecule has 116 valence electrons. The maximum Gasteiger partial charge on any atom is 0.193 e. The Balaban J connectivity index is 2.68. The normalized spacial score (nSPS) is 10.8. The number of carbonyl (C=O) groups is 1. The van der Waals surface area contributed by atoms with E-state index in [1.807, 2.05) is 0 Å². The molecule has 0 aliphatic heterocycles. The maximum absolute atomic E-state index is 13.7. The van der Waals surface area contributed by atoms with Gasteiger partial charge in [-0.15, -0.1) is 0 Å². The van der Waals surface area contributed by atoms with E-state index in [-0.39, 0.29) is 11.1 Å². The van der Waals surface area contributed by atoms with E-state index < -0.39 is 17.4 Å². The monoisotopic (exact) mass is 558 g/mol. The molecule has 0 radical (unpaired) electrons. The van der Waals surface area contributed by atoms with Crippen LogP contribution in [0.2, 0.25) is 0 Å². The number of alkyl halides is 2. The van der Waals surface area contributed by atoms with Gasteiger partial charge in [0.25, 0.3) is 0 Å². The van der Waals surface area contributed by atoms with Crippen molar-refractivity contribution >= 4 is 69.5 Å². The number of halogens is 6. The van der Waals surface area contributed by atoms with Crippen LogP contribution in [0.3, 0.4) is 0 Å². The lowest BCUT2D eigenvalue weighted by Gasteiger charge is -2.13. The zero-order valence-electron chi connectivity index (χ0n) is 10.9. The zero-order chi connectivity index (χ0) is 16.4. The second-order valence-corrected chi connectivity index (χ2v) is 7.25. The minimum atomic E-state index is -0.532. The van der Waals surface area contributed by atoms with Gasteiger partial charge in [-0.25, -0.2) is 8.78 Å². The summed E-state index contributed by atoms with van der Waals surface area (Å²) in [5, 5.41) is 0.740. The van der Waals surface area contributed by atoms with Gasteiger partial charge < -0.3 is 0 Å². The lowest BCUT2D eigenvalue weighted by atomic mass is 9.96. The molecular weight excluding hydrogens is 554 g/mol. The summed E-state index contributed by atoms with van der Waals surface area (Å²) in [6.07, 6.45) is 0. The van der Waals surface area contributed by atoms with Crippen LogP contribution in [0, 0.1) is 11.6 Å². The van der Waals surface area contributed by atoms with Crippen LogP contribution in [0.25, 0.3) is 0 Å². The first-order chi connectivity index (χ1) is 10.4. The molecule has 0 atom stereocenters. The Morgan fingerprint density at radius 3 is 1.50 bits per heavy atom. The van der Waals surface area contributed by atoms with Crippen LogP contribution in [-0.4, -0.2) is 5.78 Å². The molecule has 0 aromatic heterocycles. The van der Waals surface area contributed by atoms with E-state index in [0.29, 0.717) is 30.7 Å². The fraction of sp³-hybridized carbons (Fsp3) is 0.133. The predicted molar refractivity (Wildman–Crippen MR) is 96.9 cm³/mol. The predicted octanol–water partition coefficient (Wildman–Crippen LogP) is 6.51. The third kappa shape index (κ3) is 3.68. The Bertz CT molecular complexity index is 685. The second kappa shape index (κ2) is 7.64. The Hall–Kier alpha value is -0.110. The highest BCUT2D eigenvalue weighted by atomic mass is 79.9. The Morgan fingerprint density at radius 1 is 0.818 bits per heavy atom. The zero-order valence-corrected chi connectivity index (χ0v) is 17.2. The highest BCUT2D eigenvalue weighted by Crippen LogP contribution is 2.31. The third-order valence-corrected chi connectivity index (χ3v) is 5.61. The van der Waals surface area contributed by atoms with Crippen molar-refractivity contribution in [3.05, 3.63) is 67.1 Å². The minimum absolute atomic E-state index is 0.198. The van der Waals surface area contributed by atoms with Gasteiger partial charge in [0.05, 0.1) is 0 Å². The third-order valence-electron chi connectivity index (χ3n) is 3.08. The summed E-state index contributed by atoms with van der Waals surface area (Å²) in [7, 11) is 0. The van der Waals surface area contributed by atoms with E-state index >= 15 is 0 Å². The Morgan fingerprint density at radius 2 is 1.18 bits per heavy atom. The standard InChI is InChI=1S/C15H8Br4F2O/c16-5-11-9(1-7(20)3-13(11)18)15(22)10-2-8(21)4-14(19)12(10)6-17/h1-4H,5-6H2. The van der Waals surface area contributed by atoms with Crippen LogP contribution in [0.1, 0.15) is 27.0 Å². The molecule has 0 spiro atoms. The van der Waals surface area contributed by atoms with E-state index in [2.05, 4.69) is 63.7 Å². The molecule has 22 heavy (non-hydrogen) atoms. The fourth-order valence-electron chi connectivity index (χ4n) is 2.03. The van der Waals surface area contributed by atoms with E-state index in [0.717, 1.165) is 0 Å². The number of hydrogen-bond acceptors (Lipinski definition) is 1. The topological polar surface area (TPSA) is 17.1 Å². The van der Waals surface area contributed by atoms with Gasteiger partial charge in [-0.2, -0.15) is 0 Å². The van der Waals surface area contributed by atoms with Crippen molar-refractivity contribution in [2.45, 2.75) is 10.7 Å². The number of benzene rings is 2. The molecule has 0 bridgehead atoms. The van der Waals surface area contributed by atoms with Crippen molar-refractivity contribution in [3.8, 4) is 0 Å². The molecule has 0 heterocycles. The molecule has 0 amide bonds. The van der Waals surface area contributed by atoms with Crippen molar-refractivity contribution in [2.75, 3.05) is 0 Å². The van der Waals surface area contributed by atoms with Crippen LogP contribution in [0.15, 0.2) is 33.2 Å². The van der Waals surface area contributed by atoms with Gasteiger partial charge in [-0.3, -0.25) is 4.79 Å². The summed E-state index contributed by atoms with van der Waals surface area (Å²) < 4.78 is 28.3. The van der Waals surface area contributed by atoms with Gasteiger partial charge in [0.2, 0.25) is 0 Å². The molecule has 0 aliphatic carbocycles. The van der Waals surface area contributed by atoms with Gasteiger partial charge in [-0.1, -0.05) is 63.7 Å². The summed E-state index contributed by atoms with van der Waals surface area (Å²) in [4.78, 5) is 12.8. The molecule has 7 heteroatoms. The van der Waals surface area contributed by atoms with Crippen molar-refractivity contribution in [3.63, 3.8) is 0 Å². The summed E-state index contributed by atoms with van der Waals surface area (Å²) in [5.74, 6) is -1.49. The number of ketones is 1. The smallest absolute Gasteiger partial charge is 0.193 e. The SMILES string of the molecule is O=C(c1cc(F)cc(Br)c1CBr)c1cc(F)cc(Br)c1CBr. The van der Waals surface area contributed by atoms with E-state index in [4.69, 9.17) is 0 Å². The first kappa shape index (κ1) is 18.2. The highest BCUT2D eigenvalue weighted by Gasteiger charge is 2.21. The van der Waals surface area contributed by atoms with Gasteiger partial charge in [-0.05, 0) is 35.4 Å². The summed E-state index contributed by atoms with van der Waals surface area (Å²) in [5.41, 5.74) is 1.63.